The molecule has 6 N–H and O–H groups in total. The molecule has 2 aromatic rings. The molecule has 0 spiro atoms. The SMILES string of the molecule is CCc1cc2c(cc1S(=O)(=O)NC(=O)NC)CC(NC(=O)N1CC=CC1=O)CO2.CCc1cc2c(cc1S(=O)(=O)NC(=S)NC)CC(NC(=O)N1CC=CC1=O)CO2. The van der Waals surface area contributed by atoms with E-state index in [0.29, 0.717) is 59.4 Å². The number of hydrogen-bond donors (Lipinski definition) is 6. The minimum absolute atomic E-state index is 0.00458. The van der Waals surface area contributed by atoms with Crippen LogP contribution in [0.25, 0.3) is 0 Å². The van der Waals surface area contributed by atoms with Crippen LogP contribution in [0.4, 0.5) is 14.4 Å². The number of imide groups is 2. The zero-order valence-electron chi connectivity index (χ0n) is 32.0. The Morgan fingerprint density at radius 1 is 0.707 bits per heavy atom. The van der Waals surface area contributed by atoms with Gasteiger partial charge in [-0.25, -0.2) is 35.9 Å². The molecule has 0 aliphatic carbocycles. The number of amides is 8. The first-order chi connectivity index (χ1) is 27.5. The molecule has 6 rings (SSSR count). The lowest BCUT2D eigenvalue weighted by atomic mass is 10.00. The maximum Gasteiger partial charge on any atom is 0.328 e. The van der Waals surface area contributed by atoms with Crippen LogP contribution in [-0.4, -0.2) is 114 Å². The lowest BCUT2D eigenvalue weighted by Gasteiger charge is -2.28. The smallest absolute Gasteiger partial charge is 0.328 e. The van der Waals surface area contributed by atoms with E-state index in [1.807, 2.05) is 11.6 Å². The molecule has 0 saturated heterocycles. The molecule has 4 aliphatic heterocycles. The molecule has 0 bridgehead atoms. The third kappa shape index (κ3) is 10.0. The van der Waals surface area contributed by atoms with Gasteiger partial charge in [0.2, 0.25) is 0 Å². The largest absolute Gasteiger partial charge is 0.491 e. The number of benzene rings is 2. The summed E-state index contributed by atoms with van der Waals surface area (Å²) in [6, 6.07) is 3.66. The first-order valence-electron chi connectivity index (χ1n) is 18.1. The van der Waals surface area contributed by atoms with E-state index in [1.165, 1.54) is 32.3 Å². The average Bonchev–Trinajstić information content (AvgIpc) is 3.84. The maximum atomic E-state index is 12.7. The number of hydrogen-bond acceptors (Lipinski definition) is 12. The van der Waals surface area contributed by atoms with E-state index in [4.69, 9.17) is 21.7 Å². The highest BCUT2D eigenvalue weighted by Gasteiger charge is 2.32. The first-order valence-corrected chi connectivity index (χ1v) is 21.5. The molecule has 19 nitrogen and oxygen atoms in total. The van der Waals surface area contributed by atoms with E-state index < -0.39 is 50.2 Å². The van der Waals surface area contributed by atoms with Crippen molar-refractivity contribution in [3.8, 4) is 11.5 Å². The Hall–Kier alpha value is -5.74. The molecular formula is C36H44N8O11S3. The molecule has 22 heteroatoms. The molecule has 0 fully saturated rings. The van der Waals surface area contributed by atoms with Crippen molar-refractivity contribution in [2.75, 3.05) is 40.4 Å². The molecule has 4 heterocycles. The van der Waals surface area contributed by atoms with Crippen LogP contribution < -0.4 is 40.2 Å². The van der Waals surface area contributed by atoms with E-state index in [-0.39, 0.29) is 53.0 Å². The van der Waals surface area contributed by atoms with E-state index in [2.05, 4.69) is 26.0 Å². The third-order valence-corrected chi connectivity index (χ3v) is 12.6. The highest BCUT2D eigenvalue weighted by molar-refractivity contribution is 7.92. The molecule has 2 aromatic carbocycles. The summed E-state index contributed by atoms with van der Waals surface area (Å²) in [5, 5.41) is 10.3. The monoisotopic (exact) mass is 860 g/mol. The predicted molar refractivity (Wildman–Crippen MR) is 213 cm³/mol. The second-order valence-corrected chi connectivity index (χ2v) is 16.9. The second-order valence-electron chi connectivity index (χ2n) is 13.2. The Labute approximate surface area is 341 Å². The van der Waals surface area contributed by atoms with E-state index in [9.17, 15) is 40.8 Å². The average molecular weight is 861 g/mol. The van der Waals surface area contributed by atoms with Crippen LogP contribution in [-0.2, 0) is 55.3 Å². The van der Waals surface area contributed by atoms with Crippen molar-refractivity contribution in [3.63, 3.8) is 0 Å². The fourth-order valence-corrected chi connectivity index (χ4v) is 9.28. The third-order valence-electron chi connectivity index (χ3n) is 9.32. The molecule has 58 heavy (non-hydrogen) atoms. The number of fused-ring (bicyclic) bond motifs is 2. The Bertz CT molecular complexity index is 2140. The summed E-state index contributed by atoms with van der Waals surface area (Å²) >= 11 is 4.92. The Kier molecular flexibility index (Phi) is 13.6. The number of rotatable bonds is 8. The number of thiocarbonyl (C=S) groups is 1. The Morgan fingerprint density at radius 3 is 1.50 bits per heavy atom. The predicted octanol–water partition coefficient (Wildman–Crippen LogP) is 0.721. The number of carbonyl (C=O) groups excluding carboxylic acids is 5. The normalized spacial score (nSPS) is 18.1. The quantitative estimate of drug-likeness (QED) is 0.201. The van der Waals surface area contributed by atoms with Gasteiger partial charge in [-0.05, 0) is 84.4 Å². The van der Waals surface area contributed by atoms with Crippen molar-refractivity contribution in [2.45, 2.75) is 61.4 Å². The lowest BCUT2D eigenvalue weighted by molar-refractivity contribution is -0.122. The fraction of sp³-hybridized carbons (Fsp3) is 0.389. The zero-order valence-corrected chi connectivity index (χ0v) is 34.5. The van der Waals surface area contributed by atoms with Gasteiger partial charge < -0.3 is 30.7 Å². The Morgan fingerprint density at radius 2 is 1.14 bits per heavy atom. The summed E-state index contributed by atoms with van der Waals surface area (Å²) < 4.78 is 66.4. The first kappa shape index (κ1) is 43.4. The molecule has 0 saturated carbocycles. The summed E-state index contributed by atoms with van der Waals surface area (Å²) in [4.78, 5) is 61.6. The van der Waals surface area contributed by atoms with Gasteiger partial charge in [-0.15, -0.1) is 0 Å². The number of aryl methyl sites for hydroxylation is 2. The van der Waals surface area contributed by atoms with Crippen LogP contribution in [0.2, 0.25) is 0 Å². The van der Waals surface area contributed by atoms with Gasteiger partial charge in [0.25, 0.3) is 31.9 Å². The molecular weight excluding hydrogens is 817 g/mol. The van der Waals surface area contributed by atoms with Crippen LogP contribution in [0.3, 0.4) is 0 Å². The van der Waals surface area contributed by atoms with Gasteiger partial charge in [0.15, 0.2) is 5.11 Å². The van der Waals surface area contributed by atoms with Crippen LogP contribution in [0.15, 0.2) is 58.4 Å². The van der Waals surface area contributed by atoms with Crippen molar-refractivity contribution in [1.82, 2.24) is 40.5 Å². The van der Waals surface area contributed by atoms with Crippen LogP contribution in [0.5, 0.6) is 11.5 Å². The topological polar surface area (TPSA) is 251 Å². The number of sulfonamides is 2. The van der Waals surface area contributed by atoms with Gasteiger partial charge >= 0.3 is 18.1 Å². The zero-order chi connectivity index (χ0) is 42.4. The van der Waals surface area contributed by atoms with Crippen molar-refractivity contribution in [2.24, 2.45) is 0 Å². The molecule has 4 aliphatic rings. The maximum absolute atomic E-state index is 12.7. The standard InChI is InChI=1S/C18H22N4O6S.C18H22N4O5S2/c1-3-11-8-14-12(9-15(11)29(26,27)21-17(24)19-2)7-13(10-28-14)20-18(25)22-6-4-5-16(22)23;1-3-11-8-14-12(9-15(11)29(25,26)21-17(28)19-2)7-13(10-27-14)20-18(24)22-6-4-5-16(22)23/h4-5,8-9,13H,3,6-7,10H2,1-2H3,(H,20,25)(H2,19,21,24);4-5,8-9,13H,3,6-7,10H2,1-2H3,(H,20,24)(H2,19,21,28). The number of ether oxygens (including phenoxy) is 2. The minimum atomic E-state index is -4.07. The molecule has 8 amide bonds. The fourth-order valence-electron chi connectivity index (χ4n) is 6.35. The highest BCUT2D eigenvalue weighted by atomic mass is 32.2. The summed E-state index contributed by atoms with van der Waals surface area (Å²) in [6.07, 6.45) is 7.49. The van der Waals surface area contributed by atoms with E-state index in [0.717, 1.165) is 9.80 Å². The number of carbonyl (C=O) groups is 5. The van der Waals surface area contributed by atoms with Crippen molar-refractivity contribution in [1.29, 1.82) is 0 Å². The van der Waals surface area contributed by atoms with Gasteiger partial charge in [0.1, 0.15) is 24.7 Å². The number of nitrogens with zero attached hydrogens (tertiary/aromatic N) is 2. The van der Waals surface area contributed by atoms with Gasteiger partial charge in [-0.3, -0.25) is 24.1 Å². The lowest BCUT2D eigenvalue weighted by Crippen LogP contribution is -2.49. The van der Waals surface area contributed by atoms with E-state index in [1.54, 1.807) is 37.3 Å². The summed E-state index contributed by atoms with van der Waals surface area (Å²) in [6.45, 7) is 4.51. The van der Waals surface area contributed by atoms with Gasteiger partial charge in [0, 0.05) is 39.3 Å². The molecule has 2 atom stereocenters. The summed E-state index contributed by atoms with van der Waals surface area (Å²) in [5.41, 5.74) is 2.35. The number of nitrogens with one attached hydrogen (secondary N) is 6. The molecule has 0 aromatic heterocycles. The highest BCUT2D eigenvalue weighted by Crippen LogP contribution is 2.32. The van der Waals surface area contributed by atoms with Crippen LogP contribution in [0, 0.1) is 0 Å². The second kappa shape index (κ2) is 18.2. The van der Waals surface area contributed by atoms with E-state index >= 15 is 0 Å². The summed E-state index contributed by atoms with van der Waals surface area (Å²) in [5.74, 6) is 0.361. The van der Waals surface area contributed by atoms with Crippen molar-refractivity contribution < 1.29 is 50.3 Å². The van der Waals surface area contributed by atoms with Gasteiger partial charge in [-0.1, -0.05) is 26.0 Å². The number of urea groups is 3. The van der Waals surface area contributed by atoms with Gasteiger partial charge in [0.05, 0.1) is 21.9 Å². The van der Waals surface area contributed by atoms with Crippen LogP contribution >= 0.6 is 12.2 Å². The summed E-state index contributed by atoms with van der Waals surface area (Å²) in [7, 11) is -5.09. The molecule has 0 radical (unpaired) electrons. The van der Waals surface area contributed by atoms with Crippen molar-refractivity contribution in [3.05, 3.63) is 70.8 Å². The van der Waals surface area contributed by atoms with Crippen molar-refractivity contribution >= 4 is 67.3 Å². The molecule has 312 valence electrons. The molecule has 2 unspecified atom stereocenters. The van der Waals surface area contributed by atoms with Gasteiger partial charge in [-0.2, -0.15) is 0 Å². The van der Waals surface area contributed by atoms with Crippen LogP contribution in [0.1, 0.15) is 36.1 Å². The minimum Gasteiger partial charge on any atom is -0.491 e. The Balaban J connectivity index is 0.000000221.